The lowest BCUT2D eigenvalue weighted by molar-refractivity contribution is -0.124. The fourth-order valence-corrected chi connectivity index (χ4v) is 2.60. The predicted octanol–water partition coefficient (Wildman–Crippen LogP) is 1.15. The molecular formula is C15H27N5O2. The van der Waals surface area contributed by atoms with Gasteiger partial charge in [0.2, 0.25) is 5.91 Å². The fourth-order valence-electron chi connectivity index (χ4n) is 2.60. The summed E-state index contributed by atoms with van der Waals surface area (Å²) in [6.07, 6.45) is 1.98. The lowest BCUT2D eigenvalue weighted by Gasteiger charge is -2.28. The molecule has 7 nitrogen and oxygen atoms in total. The monoisotopic (exact) mass is 309 g/mol. The van der Waals surface area contributed by atoms with Crippen molar-refractivity contribution in [2.75, 3.05) is 7.11 Å². The number of nitrogens with zero attached hydrogens (tertiary/aromatic N) is 3. The molecule has 0 aromatic carbocycles. The van der Waals surface area contributed by atoms with E-state index in [2.05, 4.69) is 20.7 Å². The topological polar surface area (TPSA) is 81.1 Å². The normalized spacial score (nSPS) is 19.6. The van der Waals surface area contributed by atoms with Gasteiger partial charge in [-0.2, -0.15) is 5.10 Å². The molecule has 124 valence electrons. The van der Waals surface area contributed by atoms with E-state index in [-0.39, 0.29) is 23.5 Å². The molecular weight excluding hydrogens is 282 g/mol. The second kappa shape index (κ2) is 6.75. The van der Waals surface area contributed by atoms with Gasteiger partial charge in [-0.25, -0.2) is 9.67 Å². The molecule has 1 aromatic rings. The van der Waals surface area contributed by atoms with Crippen molar-refractivity contribution in [2.24, 2.45) is 0 Å². The van der Waals surface area contributed by atoms with Crippen molar-refractivity contribution < 1.29 is 9.53 Å². The van der Waals surface area contributed by atoms with Crippen molar-refractivity contribution in [3.8, 4) is 0 Å². The third kappa shape index (κ3) is 4.27. The molecule has 2 rings (SSSR count). The molecule has 7 heteroatoms. The third-order valence-corrected chi connectivity index (χ3v) is 3.53. The molecule has 2 N–H and O–H groups in total. The Kier molecular flexibility index (Phi) is 5.18. The fraction of sp³-hybridized carbons (Fsp3) is 0.800. The first-order chi connectivity index (χ1) is 10.3. The lowest BCUT2D eigenvalue weighted by atomic mass is 10.1. The number of ether oxygens (including phenoxy) is 1. The molecule has 2 unspecified atom stereocenters. The molecule has 0 saturated carbocycles. The number of carbonyl (C=O) groups is 1. The van der Waals surface area contributed by atoms with Crippen LogP contribution in [0.25, 0.3) is 0 Å². The molecule has 1 amide bonds. The number of hydrogen-bond donors (Lipinski definition) is 2. The van der Waals surface area contributed by atoms with Crippen LogP contribution in [0.1, 0.15) is 58.2 Å². The minimum absolute atomic E-state index is 0.00116. The van der Waals surface area contributed by atoms with E-state index < -0.39 is 0 Å². The Balaban J connectivity index is 2.04. The van der Waals surface area contributed by atoms with E-state index in [1.165, 1.54) is 0 Å². The largest absolute Gasteiger partial charge is 0.377 e. The van der Waals surface area contributed by atoms with E-state index in [1.807, 2.05) is 32.4 Å². The van der Waals surface area contributed by atoms with Crippen molar-refractivity contribution in [3.05, 3.63) is 11.6 Å². The van der Waals surface area contributed by atoms with Gasteiger partial charge < -0.3 is 10.1 Å². The van der Waals surface area contributed by atoms with Crippen molar-refractivity contribution >= 4 is 5.91 Å². The van der Waals surface area contributed by atoms with Crippen molar-refractivity contribution in [1.82, 2.24) is 25.4 Å². The van der Waals surface area contributed by atoms with Gasteiger partial charge in [0, 0.05) is 19.2 Å². The van der Waals surface area contributed by atoms with Crippen LogP contribution in [-0.4, -0.2) is 39.4 Å². The van der Waals surface area contributed by atoms with Crippen LogP contribution in [0.2, 0.25) is 0 Å². The van der Waals surface area contributed by atoms with Gasteiger partial charge in [-0.3, -0.25) is 10.1 Å². The molecule has 0 spiro atoms. The number of hydrogen-bond acceptors (Lipinski definition) is 5. The summed E-state index contributed by atoms with van der Waals surface area (Å²) in [5.41, 5.74) is -0.231. The van der Waals surface area contributed by atoms with Crippen LogP contribution in [-0.2, 0) is 22.7 Å². The van der Waals surface area contributed by atoms with Gasteiger partial charge in [-0.05, 0) is 40.5 Å². The zero-order valence-corrected chi connectivity index (χ0v) is 14.1. The molecule has 1 aliphatic rings. The molecule has 0 aliphatic carbocycles. The Labute approximate surface area is 131 Å². The quantitative estimate of drug-likeness (QED) is 0.853. The van der Waals surface area contributed by atoms with Crippen LogP contribution in [0.15, 0.2) is 0 Å². The molecule has 1 aromatic heterocycles. The number of aromatic nitrogens is 3. The summed E-state index contributed by atoms with van der Waals surface area (Å²) < 4.78 is 7.01. The zero-order valence-electron chi connectivity index (χ0n) is 14.1. The predicted molar refractivity (Wildman–Crippen MR) is 83.2 cm³/mol. The van der Waals surface area contributed by atoms with E-state index in [1.54, 1.807) is 7.11 Å². The van der Waals surface area contributed by atoms with Gasteiger partial charge in [0.05, 0.1) is 12.1 Å². The Morgan fingerprint density at radius 3 is 2.86 bits per heavy atom. The molecule has 2 atom stereocenters. The SMILES string of the molecule is COCc1nc2n(n1)CCCC2NC(C)C(=O)NC(C)(C)C. The van der Waals surface area contributed by atoms with Gasteiger partial charge in [-0.1, -0.05) is 0 Å². The van der Waals surface area contributed by atoms with Crippen molar-refractivity contribution in [3.63, 3.8) is 0 Å². The number of aryl methyl sites for hydroxylation is 1. The van der Waals surface area contributed by atoms with Gasteiger partial charge in [0.25, 0.3) is 0 Å². The van der Waals surface area contributed by atoms with Gasteiger partial charge >= 0.3 is 0 Å². The zero-order chi connectivity index (χ0) is 16.3. The highest BCUT2D eigenvalue weighted by Crippen LogP contribution is 2.23. The Hall–Kier alpha value is -1.47. The molecule has 0 saturated heterocycles. The highest BCUT2D eigenvalue weighted by atomic mass is 16.5. The summed E-state index contributed by atoms with van der Waals surface area (Å²) in [6, 6.07) is -0.231. The summed E-state index contributed by atoms with van der Waals surface area (Å²) in [5.74, 6) is 1.59. The van der Waals surface area contributed by atoms with Gasteiger partial charge in [0.1, 0.15) is 12.4 Å². The summed E-state index contributed by atoms with van der Waals surface area (Å²) in [4.78, 5) is 16.8. The van der Waals surface area contributed by atoms with Crippen LogP contribution >= 0.6 is 0 Å². The average Bonchev–Trinajstić information content (AvgIpc) is 2.80. The number of methoxy groups -OCH3 is 1. The molecule has 0 radical (unpaired) electrons. The van der Waals surface area contributed by atoms with E-state index in [4.69, 9.17) is 4.74 Å². The Morgan fingerprint density at radius 1 is 1.50 bits per heavy atom. The number of carbonyl (C=O) groups excluding carboxylic acids is 1. The first-order valence-electron chi connectivity index (χ1n) is 7.81. The number of nitrogens with one attached hydrogen (secondary N) is 2. The molecule has 2 heterocycles. The Bertz CT molecular complexity index is 520. The van der Waals surface area contributed by atoms with Gasteiger partial charge in [-0.15, -0.1) is 0 Å². The molecule has 0 bridgehead atoms. The van der Waals surface area contributed by atoms with Crippen LogP contribution < -0.4 is 10.6 Å². The summed E-state index contributed by atoms with van der Waals surface area (Å²) in [5, 5.41) is 10.8. The molecule has 0 fully saturated rings. The second-order valence-corrected chi connectivity index (χ2v) is 6.86. The number of fused-ring (bicyclic) bond motifs is 1. The van der Waals surface area contributed by atoms with E-state index in [9.17, 15) is 4.79 Å². The third-order valence-electron chi connectivity index (χ3n) is 3.53. The minimum Gasteiger partial charge on any atom is -0.377 e. The highest BCUT2D eigenvalue weighted by molar-refractivity contribution is 5.81. The molecule has 1 aliphatic heterocycles. The molecule has 22 heavy (non-hydrogen) atoms. The maximum Gasteiger partial charge on any atom is 0.237 e. The van der Waals surface area contributed by atoms with E-state index in [0.29, 0.717) is 12.4 Å². The van der Waals surface area contributed by atoms with Gasteiger partial charge in [0.15, 0.2) is 5.82 Å². The van der Waals surface area contributed by atoms with E-state index in [0.717, 1.165) is 25.2 Å². The van der Waals surface area contributed by atoms with Crippen LogP contribution in [0.4, 0.5) is 0 Å². The Morgan fingerprint density at radius 2 is 2.23 bits per heavy atom. The summed E-state index contributed by atoms with van der Waals surface area (Å²) in [6.45, 7) is 9.09. The van der Waals surface area contributed by atoms with Crippen LogP contribution in [0.3, 0.4) is 0 Å². The maximum atomic E-state index is 12.2. The van der Waals surface area contributed by atoms with Crippen LogP contribution in [0, 0.1) is 0 Å². The first-order valence-corrected chi connectivity index (χ1v) is 7.81. The number of rotatable bonds is 5. The second-order valence-electron chi connectivity index (χ2n) is 6.86. The standard InChI is InChI=1S/C15H27N5O2/c1-10(14(21)18-15(2,3)4)16-11-7-6-8-20-13(11)17-12(19-20)9-22-5/h10-11,16H,6-9H2,1-5H3,(H,18,21). The number of amides is 1. The van der Waals surface area contributed by atoms with E-state index >= 15 is 0 Å². The average molecular weight is 309 g/mol. The maximum absolute atomic E-state index is 12.2. The highest BCUT2D eigenvalue weighted by Gasteiger charge is 2.28. The first kappa shape index (κ1) is 16.9. The lowest BCUT2D eigenvalue weighted by Crippen LogP contribution is -2.50. The van der Waals surface area contributed by atoms with Crippen molar-refractivity contribution in [2.45, 2.75) is 71.3 Å². The smallest absolute Gasteiger partial charge is 0.237 e. The summed E-state index contributed by atoms with van der Waals surface area (Å²) >= 11 is 0. The minimum atomic E-state index is -0.279. The van der Waals surface area contributed by atoms with Crippen LogP contribution in [0.5, 0.6) is 0 Å². The van der Waals surface area contributed by atoms with Crippen molar-refractivity contribution in [1.29, 1.82) is 0 Å². The summed E-state index contributed by atoms with van der Waals surface area (Å²) in [7, 11) is 1.63.